The molecule has 0 aromatic rings. The maximum atomic E-state index is 10.4. The van der Waals surface area contributed by atoms with E-state index in [0.29, 0.717) is 6.42 Å². The molecular weight excluding hydrogens is 205 g/mol. The van der Waals surface area contributed by atoms with E-state index in [0.717, 1.165) is 6.42 Å². The van der Waals surface area contributed by atoms with Gasteiger partial charge in [0.2, 0.25) is 0 Å². The summed E-state index contributed by atoms with van der Waals surface area (Å²) in [6, 6.07) is 0.0165. The molecule has 0 amide bonds. The fourth-order valence-electron chi connectivity index (χ4n) is 1.17. The van der Waals surface area contributed by atoms with E-state index in [2.05, 4.69) is 4.52 Å². The predicted octanol–water partition coefficient (Wildman–Crippen LogP) is 1.25. The average molecular weight is 225 g/mol. The Kier molecular flexibility index (Phi) is 5.26. The minimum atomic E-state index is -4.33. The van der Waals surface area contributed by atoms with E-state index in [-0.39, 0.29) is 18.1 Å². The summed E-state index contributed by atoms with van der Waals surface area (Å²) in [5.74, 6) is 0. The fraction of sp³-hybridized carbons (Fsp3) is 1.00. The van der Waals surface area contributed by atoms with E-state index < -0.39 is 7.82 Å². The van der Waals surface area contributed by atoms with E-state index in [9.17, 15) is 4.57 Å². The first-order chi connectivity index (χ1) is 6.19. The van der Waals surface area contributed by atoms with Gasteiger partial charge in [-0.3, -0.25) is 4.52 Å². The van der Waals surface area contributed by atoms with Crippen LogP contribution in [-0.2, 0) is 9.09 Å². The van der Waals surface area contributed by atoms with Crippen LogP contribution < -0.4 is 5.73 Å². The molecule has 5 nitrogen and oxygen atoms in total. The highest BCUT2D eigenvalue weighted by Crippen LogP contribution is 2.37. The number of phosphoric ester groups is 1. The van der Waals surface area contributed by atoms with Gasteiger partial charge in [0.15, 0.2) is 0 Å². The van der Waals surface area contributed by atoms with E-state index in [1.54, 1.807) is 0 Å². The van der Waals surface area contributed by atoms with Crippen molar-refractivity contribution >= 4 is 7.82 Å². The largest absolute Gasteiger partial charge is 0.469 e. The summed E-state index contributed by atoms with van der Waals surface area (Å²) in [4.78, 5) is 16.9. The topological polar surface area (TPSA) is 92.8 Å². The van der Waals surface area contributed by atoms with Gasteiger partial charge in [-0.1, -0.05) is 20.8 Å². The van der Waals surface area contributed by atoms with Crippen LogP contribution in [0.1, 0.15) is 33.6 Å². The quantitative estimate of drug-likeness (QED) is 0.591. The summed E-state index contributed by atoms with van der Waals surface area (Å²) in [6.45, 7) is 5.94. The molecule has 0 rings (SSSR count). The third kappa shape index (κ3) is 5.73. The molecule has 0 aliphatic rings. The number of phosphoric acid groups is 1. The van der Waals surface area contributed by atoms with Crippen molar-refractivity contribution < 1.29 is 18.9 Å². The molecule has 1 atom stereocenters. The van der Waals surface area contributed by atoms with Crippen LogP contribution in [0.15, 0.2) is 0 Å². The van der Waals surface area contributed by atoms with Crippen LogP contribution in [0.25, 0.3) is 0 Å². The summed E-state index contributed by atoms with van der Waals surface area (Å²) in [5.41, 5.74) is 5.69. The summed E-state index contributed by atoms with van der Waals surface area (Å²) in [6.07, 6.45) is 1.37. The molecule has 86 valence electrons. The Bertz CT molecular complexity index is 213. The van der Waals surface area contributed by atoms with Gasteiger partial charge in [0, 0.05) is 6.04 Å². The Labute approximate surface area is 84.9 Å². The highest BCUT2D eigenvalue weighted by atomic mass is 31.2. The first-order valence-corrected chi connectivity index (χ1v) is 6.18. The molecule has 14 heavy (non-hydrogen) atoms. The third-order valence-electron chi connectivity index (χ3n) is 2.45. The Morgan fingerprint density at radius 1 is 1.50 bits per heavy atom. The van der Waals surface area contributed by atoms with E-state index in [1.165, 1.54) is 0 Å². The van der Waals surface area contributed by atoms with Gasteiger partial charge in [0.05, 0.1) is 6.61 Å². The summed E-state index contributed by atoms with van der Waals surface area (Å²) < 4.78 is 14.8. The molecule has 6 heteroatoms. The lowest BCUT2D eigenvalue weighted by Crippen LogP contribution is -2.37. The number of nitrogens with two attached hydrogens (primary N) is 1. The Balaban J connectivity index is 3.94. The second-order valence-corrected chi connectivity index (χ2v) is 5.32. The van der Waals surface area contributed by atoms with Gasteiger partial charge >= 0.3 is 7.82 Å². The monoisotopic (exact) mass is 225 g/mol. The van der Waals surface area contributed by atoms with Crippen LogP contribution >= 0.6 is 7.82 Å². The average Bonchev–Trinajstić information content (AvgIpc) is 2.00. The van der Waals surface area contributed by atoms with E-state index in [1.807, 2.05) is 20.8 Å². The minimum Gasteiger partial charge on any atom is -0.327 e. The van der Waals surface area contributed by atoms with Crippen LogP contribution in [0.3, 0.4) is 0 Å². The van der Waals surface area contributed by atoms with Crippen LogP contribution in [0.2, 0.25) is 0 Å². The highest BCUT2D eigenvalue weighted by Gasteiger charge is 2.26. The molecule has 0 heterocycles. The minimum absolute atomic E-state index is 0.0165. The van der Waals surface area contributed by atoms with Crippen molar-refractivity contribution in [3.8, 4) is 0 Å². The van der Waals surface area contributed by atoms with Crippen LogP contribution in [0.4, 0.5) is 0 Å². The Morgan fingerprint density at radius 3 is 2.36 bits per heavy atom. The van der Waals surface area contributed by atoms with Crippen LogP contribution in [0.5, 0.6) is 0 Å². The van der Waals surface area contributed by atoms with Crippen molar-refractivity contribution in [2.45, 2.75) is 39.7 Å². The van der Waals surface area contributed by atoms with Gasteiger partial charge in [-0.15, -0.1) is 0 Å². The zero-order chi connectivity index (χ0) is 11.4. The molecule has 0 radical (unpaired) electrons. The standard InChI is InChI=1S/C8H20NO4P/c1-4-7(9)8(2,3)5-6-13-14(10,11)12/h7H,4-6,9H2,1-3H3,(H2,10,11,12). The number of hydrogen-bond donors (Lipinski definition) is 3. The van der Waals surface area contributed by atoms with Gasteiger partial charge < -0.3 is 15.5 Å². The second kappa shape index (κ2) is 5.24. The van der Waals surface area contributed by atoms with Crippen molar-refractivity contribution in [3.63, 3.8) is 0 Å². The maximum absolute atomic E-state index is 10.4. The van der Waals surface area contributed by atoms with Gasteiger partial charge in [-0.25, -0.2) is 4.57 Å². The van der Waals surface area contributed by atoms with Gasteiger partial charge in [0.25, 0.3) is 0 Å². The molecule has 0 aliphatic heterocycles. The lowest BCUT2D eigenvalue weighted by Gasteiger charge is -2.30. The van der Waals surface area contributed by atoms with E-state index in [4.69, 9.17) is 15.5 Å². The molecule has 0 spiro atoms. The molecule has 0 saturated heterocycles. The number of rotatable bonds is 6. The first kappa shape index (κ1) is 14.1. The summed E-state index contributed by atoms with van der Waals surface area (Å²) in [5, 5.41) is 0. The van der Waals surface area contributed by atoms with Gasteiger partial charge in [0.1, 0.15) is 0 Å². The molecule has 1 unspecified atom stereocenters. The first-order valence-electron chi connectivity index (χ1n) is 4.64. The summed E-state index contributed by atoms with van der Waals surface area (Å²) in [7, 11) is -4.33. The second-order valence-electron chi connectivity index (χ2n) is 4.08. The van der Waals surface area contributed by atoms with Crippen LogP contribution in [-0.4, -0.2) is 22.4 Å². The highest BCUT2D eigenvalue weighted by molar-refractivity contribution is 7.46. The predicted molar refractivity (Wildman–Crippen MR) is 54.7 cm³/mol. The van der Waals surface area contributed by atoms with Crippen molar-refractivity contribution in [1.82, 2.24) is 0 Å². The SMILES string of the molecule is CCC(N)C(C)(C)CCOP(=O)(O)O. The molecular formula is C8H20NO4P. The molecule has 0 bridgehead atoms. The zero-order valence-electron chi connectivity index (χ0n) is 8.93. The van der Waals surface area contributed by atoms with Crippen LogP contribution in [0, 0.1) is 5.41 Å². The molecule has 0 aromatic heterocycles. The molecule has 0 fully saturated rings. The smallest absolute Gasteiger partial charge is 0.327 e. The lowest BCUT2D eigenvalue weighted by molar-refractivity contribution is 0.152. The normalized spacial score (nSPS) is 15.6. The van der Waals surface area contributed by atoms with E-state index >= 15 is 0 Å². The third-order valence-corrected chi connectivity index (χ3v) is 2.97. The molecule has 4 N–H and O–H groups in total. The summed E-state index contributed by atoms with van der Waals surface area (Å²) >= 11 is 0. The van der Waals surface area contributed by atoms with Crippen molar-refractivity contribution in [3.05, 3.63) is 0 Å². The Morgan fingerprint density at radius 2 is 2.00 bits per heavy atom. The molecule has 0 saturated carbocycles. The zero-order valence-corrected chi connectivity index (χ0v) is 9.83. The van der Waals surface area contributed by atoms with Gasteiger partial charge in [-0.05, 0) is 18.3 Å². The lowest BCUT2D eigenvalue weighted by atomic mass is 9.81. The fourth-order valence-corrected chi connectivity index (χ4v) is 1.49. The van der Waals surface area contributed by atoms with Crippen molar-refractivity contribution in [2.24, 2.45) is 11.1 Å². The maximum Gasteiger partial charge on any atom is 0.469 e. The van der Waals surface area contributed by atoms with Crippen molar-refractivity contribution in [1.29, 1.82) is 0 Å². The molecule has 0 aliphatic carbocycles. The van der Waals surface area contributed by atoms with Crippen molar-refractivity contribution in [2.75, 3.05) is 6.61 Å². The molecule has 0 aromatic carbocycles. The van der Waals surface area contributed by atoms with Gasteiger partial charge in [-0.2, -0.15) is 0 Å². The number of hydrogen-bond acceptors (Lipinski definition) is 3. The Hall–Kier alpha value is 0.0700.